The molecule has 2 aliphatic heterocycles. The molecule has 2 rings (SSSR count). The van der Waals surface area contributed by atoms with Crippen molar-refractivity contribution in [2.24, 2.45) is 0 Å². The molecule has 2 fully saturated rings. The average Bonchev–Trinajstić information content (AvgIpc) is 2.43. The molecule has 0 aromatic carbocycles. The summed E-state index contributed by atoms with van der Waals surface area (Å²) in [6, 6.07) is 0. The number of aliphatic carboxylic acids is 1. The van der Waals surface area contributed by atoms with E-state index in [1.807, 2.05) is 0 Å². The Morgan fingerprint density at radius 3 is 2.73 bits per heavy atom. The van der Waals surface area contributed by atoms with Crippen molar-refractivity contribution in [1.29, 1.82) is 0 Å². The van der Waals surface area contributed by atoms with Crippen molar-refractivity contribution in [3.63, 3.8) is 0 Å². The summed E-state index contributed by atoms with van der Waals surface area (Å²) >= 11 is -1.96. The van der Waals surface area contributed by atoms with Gasteiger partial charge < -0.3 is 0 Å². The number of rotatable bonds is 1. The molecular formula is C4H3O4S2Sb. The van der Waals surface area contributed by atoms with Crippen molar-refractivity contribution in [3.05, 3.63) is 0 Å². The number of fused-ring (bicyclic) bond motifs is 2. The van der Waals surface area contributed by atoms with Gasteiger partial charge >= 0.3 is 75.7 Å². The Balaban J connectivity index is 2.18. The van der Waals surface area contributed by atoms with Crippen molar-refractivity contribution < 1.29 is 17.7 Å². The molecule has 2 bridgehead atoms. The number of carboxylic acids is 1. The van der Waals surface area contributed by atoms with Crippen LogP contribution in [0.5, 0.6) is 0 Å². The average molecular weight is 301 g/mol. The molecule has 0 spiro atoms. The molecule has 1 N–H and O–H groups in total. The topological polar surface area (TPSA) is 63.6 Å². The van der Waals surface area contributed by atoms with Gasteiger partial charge in [-0.1, -0.05) is 0 Å². The SMILES string of the molecule is O=C(O)C1[S][Sb]2[O]C(=O)C1[S]2. The number of carboxylic acid groups (broad SMARTS) is 1. The van der Waals surface area contributed by atoms with Crippen LogP contribution < -0.4 is 0 Å². The Labute approximate surface area is 75.4 Å². The number of hydrogen-bond donors (Lipinski definition) is 1. The summed E-state index contributed by atoms with van der Waals surface area (Å²) in [5, 5.41) is 7.71. The van der Waals surface area contributed by atoms with Gasteiger partial charge in [-0.15, -0.1) is 0 Å². The molecule has 7 heteroatoms. The zero-order valence-corrected chi connectivity index (χ0v) is 9.28. The molecule has 4 nitrogen and oxygen atoms in total. The normalized spacial score (nSPS) is 35.8. The monoisotopic (exact) mass is 300 g/mol. The van der Waals surface area contributed by atoms with Crippen LogP contribution in [0.1, 0.15) is 0 Å². The number of carbonyl (C=O) groups is 2. The van der Waals surface area contributed by atoms with Gasteiger partial charge in [-0.3, -0.25) is 0 Å². The van der Waals surface area contributed by atoms with Gasteiger partial charge in [0, 0.05) is 0 Å². The first-order valence-electron chi connectivity index (χ1n) is 2.77. The maximum atomic E-state index is 10.9. The molecule has 0 saturated carbocycles. The molecule has 11 heavy (non-hydrogen) atoms. The number of hydrogen-bond acceptors (Lipinski definition) is 5. The fourth-order valence-electron chi connectivity index (χ4n) is 0.830. The van der Waals surface area contributed by atoms with E-state index < -0.39 is 34.3 Å². The molecule has 0 aromatic heterocycles. The summed E-state index contributed by atoms with van der Waals surface area (Å²) in [6.45, 7) is 0. The second-order valence-corrected chi connectivity index (χ2v) is 14.9. The predicted octanol–water partition coefficient (Wildman–Crippen LogP) is -0.170. The third-order valence-electron chi connectivity index (χ3n) is 1.31. The van der Waals surface area contributed by atoms with Crippen LogP contribution in [0, 0.1) is 0 Å². The molecule has 2 saturated heterocycles. The van der Waals surface area contributed by atoms with Crippen LogP contribution in [-0.2, 0) is 12.6 Å². The molecule has 2 heterocycles. The third-order valence-corrected chi connectivity index (χ3v) is 15.5. The maximum absolute atomic E-state index is 10.9. The van der Waals surface area contributed by atoms with E-state index in [9.17, 15) is 9.59 Å². The Kier molecular flexibility index (Phi) is 2.02. The van der Waals surface area contributed by atoms with E-state index in [0.717, 1.165) is 0 Å². The molecule has 0 aliphatic carbocycles. The van der Waals surface area contributed by atoms with Gasteiger partial charge in [0.2, 0.25) is 0 Å². The Morgan fingerprint density at radius 2 is 2.36 bits per heavy atom. The van der Waals surface area contributed by atoms with Crippen molar-refractivity contribution in [2.75, 3.05) is 0 Å². The first-order valence-corrected chi connectivity index (χ1v) is 11.7. The van der Waals surface area contributed by atoms with Crippen LogP contribution in [0.15, 0.2) is 0 Å². The fourth-order valence-corrected chi connectivity index (χ4v) is 18.4. The van der Waals surface area contributed by atoms with Gasteiger partial charge in [-0.25, -0.2) is 0 Å². The van der Waals surface area contributed by atoms with Crippen molar-refractivity contribution in [3.8, 4) is 0 Å². The van der Waals surface area contributed by atoms with Gasteiger partial charge in [0.05, 0.1) is 0 Å². The Bertz CT molecular complexity index is 232. The molecule has 2 atom stereocenters. The van der Waals surface area contributed by atoms with Crippen molar-refractivity contribution in [2.45, 2.75) is 10.5 Å². The number of carbonyl (C=O) groups excluding carboxylic acids is 1. The van der Waals surface area contributed by atoms with Gasteiger partial charge in [0.15, 0.2) is 0 Å². The van der Waals surface area contributed by atoms with Crippen LogP contribution in [0.25, 0.3) is 0 Å². The van der Waals surface area contributed by atoms with E-state index in [1.54, 1.807) is 0 Å². The van der Waals surface area contributed by atoms with E-state index in [2.05, 4.69) is 0 Å². The Morgan fingerprint density at radius 1 is 1.64 bits per heavy atom. The molecule has 0 aromatic rings. The van der Waals surface area contributed by atoms with Crippen LogP contribution in [0.2, 0.25) is 0 Å². The van der Waals surface area contributed by atoms with E-state index >= 15 is 0 Å². The molecular weight excluding hydrogens is 298 g/mol. The van der Waals surface area contributed by atoms with E-state index in [0.29, 0.717) is 0 Å². The van der Waals surface area contributed by atoms with Crippen LogP contribution in [0.3, 0.4) is 0 Å². The summed E-state index contributed by atoms with van der Waals surface area (Å²) in [5.41, 5.74) is 0. The summed E-state index contributed by atoms with van der Waals surface area (Å²) < 4.78 is 4.95. The van der Waals surface area contributed by atoms with Gasteiger partial charge in [-0.05, 0) is 0 Å². The predicted molar refractivity (Wildman–Crippen MR) is 42.2 cm³/mol. The molecule has 2 unspecified atom stereocenters. The van der Waals surface area contributed by atoms with E-state index in [4.69, 9.17) is 8.12 Å². The molecule has 0 radical (unpaired) electrons. The zero-order chi connectivity index (χ0) is 8.01. The second-order valence-electron chi connectivity index (χ2n) is 2.02. The molecule has 0 amide bonds. The van der Waals surface area contributed by atoms with Crippen LogP contribution >= 0.6 is 17.7 Å². The summed E-state index contributed by atoms with van der Waals surface area (Å²) in [6.07, 6.45) is 0. The molecule has 60 valence electrons. The van der Waals surface area contributed by atoms with Gasteiger partial charge in [0.25, 0.3) is 0 Å². The first kappa shape index (κ1) is 8.07. The van der Waals surface area contributed by atoms with Crippen LogP contribution in [0.4, 0.5) is 0 Å². The molecule has 2 aliphatic rings. The second kappa shape index (κ2) is 2.75. The summed E-state index contributed by atoms with van der Waals surface area (Å²) in [4.78, 5) is 21.4. The zero-order valence-electron chi connectivity index (χ0n) is 5.09. The van der Waals surface area contributed by atoms with E-state index in [-0.39, 0.29) is 5.97 Å². The fraction of sp³-hybridized carbons (Fsp3) is 0.500. The van der Waals surface area contributed by atoms with Crippen molar-refractivity contribution >= 4 is 47.5 Å². The Hall–Kier alpha value is 0.458. The van der Waals surface area contributed by atoms with Gasteiger partial charge in [0.1, 0.15) is 0 Å². The third kappa shape index (κ3) is 1.25. The van der Waals surface area contributed by atoms with E-state index in [1.165, 1.54) is 17.7 Å². The summed E-state index contributed by atoms with van der Waals surface area (Å²) in [5.74, 6) is -1.18. The van der Waals surface area contributed by atoms with Crippen molar-refractivity contribution in [1.82, 2.24) is 0 Å². The van der Waals surface area contributed by atoms with Crippen LogP contribution in [-0.4, -0.2) is 45.4 Å². The minimum atomic E-state index is -1.96. The minimum absolute atomic E-state index is 0.302. The summed E-state index contributed by atoms with van der Waals surface area (Å²) in [7, 11) is 2.85. The standard InChI is InChI=1S/C4H6O4S2.Sb/c5-3(6)1(9)2(10)4(7)8;/h1-2,9-10H,(H,5,6)(H,7,8);/q;+3/p-3. The quantitative estimate of drug-likeness (QED) is 0.679. The van der Waals surface area contributed by atoms with Gasteiger partial charge in [-0.2, -0.15) is 0 Å². The first-order chi connectivity index (χ1) is 5.18.